The highest BCUT2D eigenvalue weighted by atomic mass is 16.7. The molecule has 4 aliphatic heterocycles. The second kappa shape index (κ2) is 20.5. The fraction of sp³-hybridized carbons (Fsp3) is 0.571. The number of aliphatic hydroxyl groups is 1. The molecule has 0 aliphatic carbocycles. The molecular formula is C49H64O10. The van der Waals surface area contributed by atoms with Gasteiger partial charge in [0.25, 0.3) is 0 Å². The molecule has 0 spiro atoms. The molecule has 4 saturated heterocycles. The third-order valence-electron chi connectivity index (χ3n) is 11.9. The Morgan fingerprint density at radius 2 is 0.966 bits per heavy atom. The first-order valence-electron chi connectivity index (χ1n) is 21.7. The van der Waals surface area contributed by atoms with E-state index in [1.807, 2.05) is 126 Å². The number of benzene rings is 3. The predicted molar refractivity (Wildman–Crippen MR) is 223 cm³/mol. The molecule has 13 atom stereocenters. The number of carbonyl (C=O) groups is 1. The Morgan fingerprint density at radius 1 is 0.576 bits per heavy atom. The summed E-state index contributed by atoms with van der Waals surface area (Å²) in [5.41, 5.74) is 2.87. The van der Waals surface area contributed by atoms with Crippen LogP contribution in [0.5, 0.6) is 0 Å². The summed E-state index contributed by atoms with van der Waals surface area (Å²) in [6, 6.07) is 30.1. The van der Waals surface area contributed by atoms with E-state index in [-0.39, 0.29) is 60.7 Å². The van der Waals surface area contributed by atoms with Crippen LogP contribution in [0.2, 0.25) is 0 Å². The van der Waals surface area contributed by atoms with Crippen LogP contribution in [0.25, 0.3) is 0 Å². The van der Waals surface area contributed by atoms with Crippen molar-refractivity contribution in [3.8, 4) is 0 Å². The summed E-state index contributed by atoms with van der Waals surface area (Å²) in [5.74, 6) is -0.657. The van der Waals surface area contributed by atoms with Crippen LogP contribution in [0.4, 0.5) is 0 Å². The van der Waals surface area contributed by atoms with E-state index in [1.165, 1.54) is 0 Å². The number of ether oxygens (including phenoxy) is 8. The van der Waals surface area contributed by atoms with Crippen molar-refractivity contribution in [1.29, 1.82) is 0 Å². The van der Waals surface area contributed by atoms with Crippen molar-refractivity contribution < 1.29 is 47.8 Å². The zero-order valence-corrected chi connectivity index (χ0v) is 35.3. The van der Waals surface area contributed by atoms with Gasteiger partial charge in [0.2, 0.25) is 0 Å². The van der Waals surface area contributed by atoms with Crippen molar-refractivity contribution in [3.05, 3.63) is 120 Å². The monoisotopic (exact) mass is 812 g/mol. The van der Waals surface area contributed by atoms with Gasteiger partial charge in [-0.25, -0.2) is 0 Å². The predicted octanol–water partition coefficient (Wildman–Crippen LogP) is 9.48. The molecule has 3 aromatic carbocycles. The van der Waals surface area contributed by atoms with Crippen molar-refractivity contribution in [3.63, 3.8) is 0 Å². The molecule has 7 rings (SSSR count). The summed E-state index contributed by atoms with van der Waals surface area (Å²) < 4.78 is 52.6. The molecular weight excluding hydrogens is 749 g/mol. The minimum absolute atomic E-state index is 0.00643. The maximum absolute atomic E-state index is 11.5. The Labute approximate surface area is 350 Å². The third-order valence-corrected chi connectivity index (χ3v) is 11.9. The topological polar surface area (TPSA) is 111 Å². The van der Waals surface area contributed by atoms with Crippen LogP contribution >= 0.6 is 0 Å². The molecule has 10 heteroatoms. The smallest absolute Gasteiger partial charge is 0.184 e. The minimum Gasteiger partial charge on any atom is -0.392 e. The standard InChI is InChI=1S/C49H64O10/c1-32(2)45(51)33(3)21-22-37-25-39(54-46(52-37)34-15-9-6-10-16-34)27-41-28-42(57-48(56-41)36-19-13-8-14-20-36)30-44-31-43(58-49(4,5)59-44)29-40-26-38(23-24-50)53-47(55-40)35-17-11-7-12-18-35/h6-22,24,32-33,37-48,51H,23,25-31H2,1-5H3/t33-,37-,38-,39-,40-,41+,42+,43-,44-,45-,46-,47-,48+/m0/s1. The number of aldehydes is 1. The van der Waals surface area contributed by atoms with Crippen LogP contribution < -0.4 is 0 Å². The van der Waals surface area contributed by atoms with E-state index in [2.05, 4.69) is 12.2 Å². The van der Waals surface area contributed by atoms with Crippen molar-refractivity contribution in [2.45, 2.75) is 166 Å². The number of aliphatic hydroxyl groups excluding tert-OH is 1. The second-order valence-electron chi connectivity index (χ2n) is 17.6. The Hall–Kier alpha value is -3.29. The summed E-state index contributed by atoms with van der Waals surface area (Å²) >= 11 is 0. The number of carbonyl (C=O) groups excluding carboxylic acids is 1. The maximum atomic E-state index is 11.5. The molecule has 4 heterocycles. The summed E-state index contributed by atoms with van der Waals surface area (Å²) in [7, 11) is 0. The normalized spacial score (nSPS) is 33.7. The fourth-order valence-electron chi connectivity index (χ4n) is 9.01. The first kappa shape index (κ1) is 43.8. The van der Waals surface area contributed by atoms with Gasteiger partial charge in [-0.2, -0.15) is 0 Å². The van der Waals surface area contributed by atoms with Crippen LogP contribution in [-0.2, 0) is 42.7 Å². The number of rotatable bonds is 15. The van der Waals surface area contributed by atoms with E-state index in [9.17, 15) is 9.90 Å². The molecule has 4 fully saturated rings. The van der Waals surface area contributed by atoms with Gasteiger partial charge in [0.05, 0.1) is 54.9 Å². The molecule has 0 saturated carbocycles. The summed E-state index contributed by atoms with van der Waals surface area (Å²) in [6.07, 6.45) is 6.78. The summed E-state index contributed by atoms with van der Waals surface area (Å²) in [5, 5.41) is 10.7. The quantitative estimate of drug-likeness (QED) is 0.118. The first-order chi connectivity index (χ1) is 28.5. The van der Waals surface area contributed by atoms with E-state index in [0.717, 1.165) is 23.0 Å². The lowest BCUT2D eigenvalue weighted by atomic mass is 9.92. The Morgan fingerprint density at radius 3 is 1.42 bits per heavy atom. The molecule has 0 radical (unpaired) electrons. The largest absolute Gasteiger partial charge is 0.392 e. The average Bonchev–Trinajstić information content (AvgIpc) is 3.22. The molecule has 1 N–H and O–H groups in total. The van der Waals surface area contributed by atoms with Gasteiger partial charge in [0.1, 0.15) is 6.29 Å². The summed E-state index contributed by atoms with van der Waals surface area (Å²) in [4.78, 5) is 11.5. The summed E-state index contributed by atoms with van der Waals surface area (Å²) in [6.45, 7) is 10.1. The highest BCUT2D eigenvalue weighted by Crippen LogP contribution is 2.41. The first-order valence-corrected chi connectivity index (χ1v) is 21.7. The van der Waals surface area contributed by atoms with E-state index in [4.69, 9.17) is 37.9 Å². The molecule has 320 valence electrons. The molecule has 0 amide bonds. The van der Waals surface area contributed by atoms with Gasteiger partial charge >= 0.3 is 0 Å². The minimum atomic E-state index is -0.809. The zero-order chi connectivity index (χ0) is 41.4. The van der Waals surface area contributed by atoms with Gasteiger partial charge in [-0.1, -0.05) is 124 Å². The van der Waals surface area contributed by atoms with Crippen molar-refractivity contribution in [2.75, 3.05) is 0 Å². The second-order valence-corrected chi connectivity index (χ2v) is 17.6. The lowest BCUT2D eigenvalue weighted by Gasteiger charge is -2.45. The van der Waals surface area contributed by atoms with E-state index >= 15 is 0 Å². The van der Waals surface area contributed by atoms with Crippen molar-refractivity contribution in [1.82, 2.24) is 0 Å². The fourth-order valence-corrected chi connectivity index (χ4v) is 9.01. The Bertz CT molecular complexity index is 1740. The van der Waals surface area contributed by atoms with E-state index in [1.54, 1.807) is 0 Å². The maximum Gasteiger partial charge on any atom is 0.184 e. The average molecular weight is 813 g/mol. The van der Waals surface area contributed by atoms with Crippen LogP contribution in [0.3, 0.4) is 0 Å². The van der Waals surface area contributed by atoms with Crippen LogP contribution in [-0.4, -0.2) is 72.1 Å². The molecule has 59 heavy (non-hydrogen) atoms. The van der Waals surface area contributed by atoms with Crippen molar-refractivity contribution in [2.24, 2.45) is 11.8 Å². The molecule has 0 bridgehead atoms. The molecule has 4 aliphatic rings. The van der Waals surface area contributed by atoms with Gasteiger partial charge in [-0.15, -0.1) is 0 Å². The SMILES string of the molecule is CC(C)[C@H](O)[C@@H](C)C=C[C@H]1C[C@@H](C[C@@H]2C[C@H](C[C@H]3C[C@H](C[C@@H]4C[C@H](CC=O)O[C@H](c5ccccc5)O4)OC(C)(C)O3)O[C@H](c3ccccc3)O2)O[C@@H](c2ccccc2)O1. The lowest BCUT2D eigenvalue weighted by molar-refractivity contribution is -0.320. The highest BCUT2D eigenvalue weighted by molar-refractivity contribution is 5.50. The molecule has 0 aromatic heterocycles. The highest BCUT2D eigenvalue weighted by Gasteiger charge is 2.42. The molecule has 10 nitrogen and oxygen atoms in total. The lowest BCUT2D eigenvalue weighted by Crippen LogP contribution is -2.48. The van der Waals surface area contributed by atoms with Gasteiger partial charge in [0.15, 0.2) is 24.7 Å². The Balaban J connectivity index is 1.04. The van der Waals surface area contributed by atoms with Gasteiger partial charge < -0.3 is 47.8 Å². The van der Waals surface area contributed by atoms with Crippen LogP contribution in [0, 0.1) is 11.8 Å². The van der Waals surface area contributed by atoms with Crippen LogP contribution in [0.1, 0.15) is 122 Å². The Kier molecular flexibility index (Phi) is 15.2. The van der Waals surface area contributed by atoms with Gasteiger partial charge in [-0.3, -0.25) is 0 Å². The third kappa shape index (κ3) is 12.4. The van der Waals surface area contributed by atoms with Gasteiger partial charge in [-0.05, 0) is 19.8 Å². The van der Waals surface area contributed by atoms with Crippen LogP contribution in [0.15, 0.2) is 103 Å². The zero-order valence-electron chi connectivity index (χ0n) is 35.3. The van der Waals surface area contributed by atoms with E-state index < -0.39 is 30.8 Å². The number of hydrogen-bond acceptors (Lipinski definition) is 10. The van der Waals surface area contributed by atoms with Gasteiger partial charge in [0, 0.05) is 74.0 Å². The molecule has 3 aromatic rings. The van der Waals surface area contributed by atoms with E-state index in [0.29, 0.717) is 51.4 Å². The molecule has 0 unspecified atom stereocenters. The van der Waals surface area contributed by atoms with Crippen molar-refractivity contribution >= 4 is 6.29 Å². The number of hydrogen-bond donors (Lipinski definition) is 1.